The lowest BCUT2D eigenvalue weighted by Crippen LogP contribution is -2.08. The van der Waals surface area contributed by atoms with Gasteiger partial charge in [0.1, 0.15) is 35.5 Å². The maximum atomic E-state index is 14.0. The van der Waals surface area contributed by atoms with Gasteiger partial charge < -0.3 is 9.47 Å². The first kappa shape index (κ1) is 22.6. The predicted octanol–water partition coefficient (Wildman–Crippen LogP) is 6.35. The molecule has 3 aromatic rings. The lowest BCUT2D eigenvalue weighted by atomic mass is 9.99. The molecule has 0 N–H and O–H groups in total. The fourth-order valence-electron chi connectivity index (χ4n) is 3.95. The van der Waals surface area contributed by atoms with E-state index in [0.717, 1.165) is 36.0 Å². The van der Waals surface area contributed by atoms with E-state index in [-0.39, 0.29) is 24.5 Å². The monoisotopic (exact) mass is 453 g/mol. The molecular weight excluding hydrogens is 431 g/mol. The van der Waals surface area contributed by atoms with Gasteiger partial charge in [0.2, 0.25) is 0 Å². The van der Waals surface area contributed by atoms with Crippen LogP contribution in [-0.2, 0) is 11.3 Å². The number of hydrogen-bond donors (Lipinski definition) is 0. The number of pyridine rings is 1. The number of nitrogens with zero attached hydrogens (tertiary/aromatic N) is 1. The van der Waals surface area contributed by atoms with Crippen molar-refractivity contribution in [2.45, 2.75) is 32.8 Å². The lowest BCUT2D eigenvalue weighted by molar-refractivity contribution is 0.0519. The molecule has 0 saturated carbocycles. The maximum absolute atomic E-state index is 14.0. The van der Waals surface area contributed by atoms with Crippen LogP contribution in [0.1, 0.15) is 53.5 Å². The molecule has 33 heavy (non-hydrogen) atoms. The summed E-state index contributed by atoms with van der Waals surface area (Å²) in [5, 5.41) is 0. The Morgan fingerprint density at radius 3 is 2.45 bits per heavy atom. The largest absolute Gasteiger partial charge is 0.488 e. The molecule has 1 heterocycles. The molecule has 1 aliphatic carbocycles. The molecule has 170 valence electrons. The van der Waals surface area contributed by atoms with E-state index in [1.165, 1.54) is 0 Å². The summed E-state index contributed by atoms with van der Waals surface area (Å²) >= 11 is 0. The van der Waals surface area contributed by atoms with Gasteiger partial charge in [-0.2, -0.15) is 0 Å². The summed E-state index contributed by atoms with van der Waals surface area (Å²) in [6, 6.07) is 13.7. The van der Waals surface area contributed by atoms with Gasteiger partial charge in [-0.1, -0.05) is 24.3 Å². The SMILES string of the molecule is CCOC(=O)c1cccc(C2=C(c3ccccc3OCc3c(F)cc(F)cc3F)CCC2)n1. The summed E-state index contributed by atoms with van der Waals surface area (Å²) in [5.74, 6) is -2.99. The molecular formula is C26H22F3NO3. The number of aromatic nitrogens is 1. The molecule has 0 bridgehead atoms. The third kappa shape index (κ3) is 4.92. The molecule has 0 fully saturated rings. The molecule has 0 spiro atoms. The van der Waals surface area contributed by atoms with Crippen LogP contribution in [0.25, 0.3) is 11.1 Å². The summed E-state index contributed by atoms with van der Waals surface area (Å²) in [6.45, 7) is 1.62. The van der Waals surface area contributed by atoms with Crippen LogP contribution in [-0.4, -0.2) is 17.6 Å². The van der Waals surface area contributed by atoms with E-state index < -0.39 is 23.4 Å². The second kappa shape index (κ2) is 9.90. The number of benzene rings is 2. The van der Waals surface area contributed by atoms with Gasteiger partial charge in [-0.25, -0.2) is 22.9 Å². The van der Waals surface area contributed by atoms with Gasteiger partial charge in [-0.3, -0.25) is 0 Å². The second-order valence-corrected chi connectivity index (χ2v) is 7.57. The van der Waals surface area contributed by atoms with E-state index in [1.807, 2.05) is 18.2 Å². The smallest absolute Gasteiger partial charge is 0.356 e. The van der Waals surface area contributed by atoms with Crippen molar-refractivity contribution in [2.24, 2.45) is 0 Å². The molecule has 0 aliphatic heterocycles. The number of carbonyl (C=O) groups excluding carboxylic acids is 1. The van der Waals surface area contributed by atoms with Crippen molar-refractivity contribution in [2.75, 3.05) is 6.61 Å². The second-order valence-electron chi connectivity index (χ2n) is 7.57. The Labute approximate surface area is 189 Å². The molecule has 0 saturated heterocycles. The summed E-state index contributed by atoms with van der Waals surface area (Å²) in [5.41, 5.74) is 3.35. The van der Waals surface area contributed by atoms with Crippen molar-refractivity contribution < 1.29 is 27.4 Å². The molecule has 0 unspecified atom stereocenters. The minimum absolute atomic E-state index is 0.236. The first-order chi connectivity index (χ1) is 16.0. The van der Waals surface area contributed by atoms with E-state index in [0.29, 0.717) is 23.6 Å². The highest BCUT2D eigenvalue weighted by Crippen LogP contribution is 2.42. The van der Waals surface area contributed by atoms with Gasteiger partial charge in [0.05, 0.1) is 17.9 Å². The zero-order valence-corrected chi connectivity index (χ0v) is 18.0. The van der Waals surface area contributed by atoms with Crippen LogP contribution in [0, 0.1) is 17.5 Å². The first-order valence-corrected chi connectivity index (χ1v) is 10.7. The molecule has 1 aromatic heterocycles. The zero-order valence-electron chi connectivity index (χ0n) is 18.0. The van der Waals surface area contributed by atoms with Crippen LogP contribution in [0.4, 0.5) is 13.2 Å². The average Bonchev–Trinajstić information content (AvgIpc) is 3.29. The predicted molar refractivity (Wildman–Crippen MR) is 118 cm³/mol. The van der Waals surface area contributed by atoms with Crippen LogP contribution in [0.2, 0.25) is 0 Å². The summed E-state index contributed by atoms with van der Waals surface area (Å²) in [4.78, 5) is 16.6. The van der Waals surface area contributed by atoms with Crippen molar-refractivity contribution in [3.8, 4) is 5.75 Å². The minimum atomic E-state index is -0.995. The number of halogens is 3. The minimum Gasteiger partial charge on any atom is -0.488 e. The topological polar surface area (TPSA) is 48.4 Å². The van der Waals surface area contributed by atoms with Gasteiger partial charge in [-0.05, 0) is 55.5 Å². The van der Waals surface area contributed by atoms with Crippen molar-refractivity contribution >= 4 is 17.1 Å². The Kier molecular flexibility index (Phi) is 6.77. The van der Waals surface area contributed by atoms with E-state index in [2.05, 4.69) is 4.98 Å². The van der Waals surface area contributed by atoms with Crippen molar-refractivity contribution in [3.05, 3.63) is 94.6 Å². The molecule has 2 aromatic carbocycles. The molecule has 7 heteroatoms. The Balaban J connectivity index is 1.66. The van der Waals surface area contributed by atoms with Crippen molar-refractivity contribution in [1.82, 2.24) is 4.98 Å². The van der Waals surface area contributed by atoms with Crippen molar-refractivity contribution in [3.63, 3.8) is 0 Å². The lowest BCUT2D eigenvalue weighted by Gasteiger charge is -2.15. The zero-order chi connectivity index (χ0) is 23.4. The van der Waals surface area contributed by atoms with Crippen LogP contribution >= 0.6 is 0 Å². The van der Waals surface area contributed by atoms with Crippen LogP contribution < -0.4 is 4.74 Å². The molecule has 0 radical (unpaired) electrons. The average molecular weight is 453 g/mol. The molecule has 1 aliphatic rings. The van der Waals surface area contributed by atoms with Gasteiger partial charge >= 0.3 is 5.97 Å². The number of allylic oxidation sites excluding steroid dienone is 2. The van der Waals surface area contributed by atoms with E-state index in [9.17, 15) is 18.0 Å². The van der Waals surface area contributed by atoms with Crippen molar-refractivity contribution in [1.29, 1.82) is 0 Å². The highest BCUT2D eigenvalue weighted by atomic mass is 19.1. The Hall–Kier alpha value is -3.61. The number of hydrogen-bond acceptors (Lipinski definition) is 4. The molecule has 0 atom stereocenters. The fourth-order valence-corrected chi connectivity index (χ4v) is 3.95. The number of ether oxygens (including phenoxy) is 2. The number of carbonyl (C=O) groups is 1. The highest BCUT2D eigenvalue weighted by Gasteiger charge is 2.22. The normalized spacial score (nSPS) is 13.3. The Morgan fingerprint density at radius 2 is 1.70 bits per heavy atom. The molecule has 0 amide bonds. The Bertz CT molecular complexity index is 1200. The molecule has 4 rings (SSSR count). The van der Waals surface area contributed by atoms with Crippen LogP contribution in [0.5, 0.6) is 5.75 Å². The quantitative estimate of drug-likeness (QED) is 0.391. The molecule has 4 nitrogen and oxygen atoms in total. The van der Waals surface area contributed by atoms with Crippen LogP contribution in [0.3, 0.4) is 0 Å². The van der Waals surface area contributed by atoms with Gasteiger partial charge in [0.25, 0.3) is 0 Å². The third-order valence-corrected chi connectivity index (χ3v) is 5.45. The maximum Gasteiger partial charge on any atom is 0.356 e. The van der Waals surface area contributed by atoms with E-state index in [4.69, 9.17) is 9.47 Å². The third-order valence-electron chi connectivity index (χ3n) is 5.45. The number of esters is 1. The first-order valence-electron chi connectivity index (χ1n) is 10.7. The van der Waals surface area contributed by atoms with E-state index in [1.54, 1.807) is 31.2 Å². The Morgan fingerprint density at radius 1 is 0.970 bits per heavy atom. The van der Waals surface area contributed by atoms with Gasteiger partial charge in [0, 0.05) is 17.7 Å². The highest BCUT2D eigenvalue weighted by molar-refractivity contribution is 5.94. The van der Waals surface area contributed by atoms with E-state index >= 15 is 0 Å². The summed E-state index contributed by atoms with van der Waals surface area (Å²) in [6.07, 6.45) is 2.43. The number of rotatable bonds is 7. The fraction of sp³-hybridized carbons (Fsp3) is 0.231. The van der Waals surface area contributed by atoms with Crippen LogP contribution in [0.15, 0.2) is 54.6 Å². The summed E-state index contributed by atoms with van der Waals surface area (Å²) in [7, 11) is 0. The number of para-hydroxylation sites is 1. The van der Waals surface area contributed by atoms with Gasteiger partial charge in [-0.15, -0.1) is 0 Å². The summed E-state index contributed by atoms with van der Waals surface area (Å²) < 4.78 is 52.1. The van der Waals surface area contributed by atoms with Gasteiger partial charge in [0.15, 0.2) is 0 Å². The standard InChI is InChI=1S/C26H22F3NO3/c1-2-32-26(31)24-11-6-10-23(30-24)18-9-5-8-17(18)19-7-3-4-12-25(19)33-15-20-21(28)13-16(27)14-22(20)29/h3-4,6-7,10-14H,2,5,8-9,15H2,1H3.